The molecule has 9 nitrogen and oxygen atoms in total. The molecule has 1 fully saturated rings. The first kappa shape index (κ1) is 28.5. The van der Waals surface area contributed by atoms with E-state index >= 15 is 0 Å². The van der Waals surface area contributed by atoms with Crippen molar-refractivity contribution in [2.75, 3.05) is 34.4 Å². The maximum Gasteiger partial charge on any atom is 0.332 e. The van der Waals surface area contributed by atoms with E-state index < -0.39 is 36.0 Å². The van der Waals surface area contributed by atoms with E-state index in [9.17, 15) is 29.0 Å². The van der Waals surface area contributed by atoms with E-state index in [1.165, 1.54) is 24.1 Å². The minimum Gasteiger partial charge on any atom is -0.467 e. The van der Waals surface area contributed by atoms with E-state index in [1.54, 1.807) is 72.1 Å². The van der Waals surface area contributed by atoms with E-state index in [0.29, 0.717) is 23.2 Å². The summed E-state index contributed by atoms with van der Waals surface area (Å²) in [4.78, 5) is 44.3. The monoisotopic (exact) mass is 563 g/mol. The van der Waals surface area contributed by atoms with E-state index in [1.807, 2.05) is 0 Å². The summed E-state index contributed by atoms with van der Waals surface area (Å²) in [5, 5.41) is 19.9. The number of carbonyl (C=O) groups is 3. The largest absolute Gasteiger partial charge is 0.467 e. The second kappa shape index (κ2) is 11.1. The lowest BCUT2D eigenvalue weighted by Crippen LogP contribution is -2.58. The zero-order valence-corrected chi connectivity index (χ0v) is 23.3. The molecule has 3 aromatic rings. The number of hydrogen-bond acceptors (Lipinski definition) is 6. The Balaban J connectivity index is 1.71. The summed E-state index contributed by atoms with van der Waals surface area (Å²) in [6, 6.07) is 16.3. The number of ether oxygens (including phenoxy) is 1. The Kier molecular flexibility index (Phi) is 7.72. The van der Waals surface area contributed by atoms with Gasteiger partial charge in [0, 0.05) is 44.2 Å². The molecule has 2 aromatic carbocycles. The summed E-state index contributed by atoms with van der Waals surface area (Å²) >= 11 is 0. The van der Waals surface area contributed by atoms with Crippen molar-refractivity contribution in [3.63, 3.8) is 0 Å². The molecule has 216 valence electrons. The average molecular weight is 564 g/mol. The number of amides is 2. The van der Waals surface area contributed by atoms with Crippen molar-refractivity contribution in [3.05, 3.63) is 94.6 Å². The van der Waals surface area contributed by atoms with Crippen LogP contribution in [0.2, 0.25) is 0 Å². The molecule has 10 heteroatoms. The van der Waals surface area contributed by atoms with Gasteiger partial charge in [0.2, 0.25) is 0 Å². The van der Waals surface area contributed by atoms with Crippen molar-refractivity contribution in [1.29, 1.82) is 0 Å². The predicted molar refractivity (Wildman–Crippen MR) is 148 cm³/mol. The molecule has 0 spiro atoms. The Hall–Kier alpha value is -4.02. The van der Waals surface area contributed by atoms with Crippen molar-refractivity contribution in [3.8, 4) is 0 Å². The molecule has 1 aliphatic heterocycles. The molecular weight excluding hydrogens is 529 g/mol. The van der Waals surface area contributed by atoms with Crippen LogP contribution in [0, 0.1) is 11.7 Å². The molecule has 0 saturated carbocycles. The maximum atomic E-state index is 14.1. The number of carbonyl (C=O) groups excluding carboxylic acids is 3. The molecule has 5 rings (SSSR count). The van der Waals surface area contributed by atoms with Crippen LogP contribution in [0.15, 0.2) is 60.7 Å². The van der Waals surface area contributed by atoms with Gasteiger partial charge in [-0.15, -0.1) is 0 Å². The van der Waals surface area contributed by atoms with Gasteiger partial charge in [0.15, 0.2) is 5.54 Å². The highest BCUT2D eigenvalue weighted by molar-refractivity contribution is 6.00. The zero-order chi connectivity index (χ0) is 29.5. The third kappa shape index (κ3) is 4.81. The normalized spacial score (nSPS) is 21.8. The van der Waals surface area contributed by atoms with Gasteiger partial charge in [-0.25, -0.2) is 9.18 Å². The first-order chi connectivity index (χ1) is 19.6. The van der Waals surface area contributed by atoms with Gasteiger partial charge in [-0.3, -0.25) is 9.59 Å². The summed E-state index contributed by atoms with van der Waals surface area (Å²) < 4.78 is 21.0. The fraction of sp³-hybridized carbons (Fsp3) is 0.387. The Labute approximate surface area is 237 Å². The first-order valence-corrected chi connectivity index (χ1v) is 13.5. The highest BCUT2D eigenvalue weighted by Gasteiger charge is 2.64. The highest BCUT2D eigenvalue weighted by atomic mass is 19.1. The molecule has 1 aliphatic carbocycles. The number of rotatable bonds is 8. The predicted octanol–water partition coefficient (Wildman–Crippen LogP) is 2.25. The fourth-order valence-corrected chi connectivity index (χ4v) is 6.60. The molecule has 41 heavy (non-hydrogen) atoms. The summed E-state index contributed by atoms with van der Waals surface area (Å²) in [6.07, 6.45) is -0.582. The van der Waals surface area contributed by atoms with Crippen LogP contribution >= 0.6 is 0 Å². The zero-order valence-electron chi connectivity index (χ0n) is 23.3. The first-order valence-electron chi connectivity index (χ1n) is 13.5. The number of aromatic nitrogens is 1. The second-order valence-corrected chi connectivity index (χ2v) is 11.0. The van der Waals surface area contributed by atoms with Gasteiger partial charge in [-0.05, 0) is 53.8 Å². The van der Waals surface area contributed by atoms with Crippen LogP contribution < -0.4 is 0 Å². The Morgan fingerprint density at radius 1 is 1.12 bits per heavy atom. The van der Waals surface area contributed by atoms with Crippen molar-refractivity contribution in [2.45, 2.75) is 36.9 Å². The number of likely N-dealkylation sites (tertiary alicyclic amines) is 1. The van der Waals surface area contributed by atoms with Gasteiger partial charge in [0.05, 0.1) is 26.4 Å². The van der Waals surface area contributed by atoms with Gasteiger partial charge in [-0.2, -0.15) is 0 Å². The van der Waals surface area contributed by atoms with Crippen molar-refractivity contribution in [2.24, 2.45) is 5.92 Å². The number of halogens is 1. The topological polar surface area (TPSA) is 112 Å². The van der Waals surface area contributed by atoms with Crippen molar-refractivity contribution >= 4 is 17.8 Å². The fourth-order valence-electron chi connectivity index (χ4n) is 6.60. The van der Waals surface area contributed by atoms with Crippen LogP contribution in [-0.4, -0.2) is 88.4 Å². The number of methoxy groups -OCH3 is 1. The highest BCUT2D eigenvalue weighted by Crippen LogP contribution is 2.55. The number of esters is 1. The number of fused-ring (bicyclic) bond motifs is 3. The standard InChI is InChI=1S/C31H34FN3O6/c1-33(2)29(39)26-14-24-25(34(26)17-23(37)18-36)13-21-16-35(28(38)20-7-5-4-6-8-20)31(27(21)24,30(40)41-3)15-19-9-11-22(32)12-10-19/h4-12,14,21,23,27,36-37H,13,15-18H2,1-3H3/t21-,23-,27+,31+/m0/s1. The SMILES string of the molecule is COC(=O)[C@@]1(Cc2ccc(F)cc2)[C@H]2c3cc(C(=O)N(C)C)n(C[C@H](O)CO)c3C[C@H]2CN1C(=O)c1ccccc1. The van der Waals surface area contributed by atoms with Gasteiger partial charge in [0.25, 0.3) is 11.8 Å². The van der Waals surface area contributed by atoms with E-state index in [-0.39, 0.29) is 37.2 Å². The summed E-state index contributed by atoms with van der Waals surface area (Å²) in [5.41, 5.74) is 1.40. The molecule has 1 saturated heterocycles. The minimum absolute atomic E-state index is 0.00394. The average Bonchev–Trinajstić information content (AvgIpc) is 3.61. The second-order valence-electron chi connectivity index (χ2n) is 11.0. The minimum atomic E-state index is -1.49. The number of benzene rings is 2. The molecule has 1 aromatic heterocycles. The van der Waals surface area contributed by atoms with Crippen LogP contribution in [0.4, 0.5) is 4.39 Å². The molecule has 2 N–H and O–H groups in total. The molecule has 2 aliphatic rings. The molecule has 0 bridgehead atoms. The third-order valence-electron chi connectivity index (χ3n) is 8.34. The number of aliphatic hydroxyl groups excluding tert-OH is 2. The lowest BCUT2D eigenvalue weighted by molar-refractivity contribution is -0.153. The van der Waals surface area contributed by atoms with Gasteiger partial charge in [-0.1, -0.05) is 30.3 Å². The van der Waals surface area contributed by atoms with Gasteiger partial charge < -0.3 is 29.3 Å². The van der Waals surface area contributed by atoms with Gasteiger partial charge in [0.1, 0.15) is 11.5 Å². The van der Waals surface area contributed by atoms with Crippen LogP contribution in [-0.2, 0) is 28.9 Å². The Morgan fingerprint density at radius 2 is 1.80 bits per heavy atom. The molecule has 2 amide bonds. The maximum absolute atomic E-state index is 14.1. The molecule has 4 atom stereocenters. The lowest BCUT2D eigenvalue weighted by Gasteiger charge is -2.40. The van der Waals surface area contributed by atoms with Crippen LogP contribution in [0.1, 0.15) is 43.6 Å². The Bertz CT molecular complexity index is 1450. The number of nitrogens with zero attached hydrogens (tertiary/aromatic N) is 3. The summed E-state index contributed by atoms with van der Waals surface area (Å²) in [5.74, 6) is -2.36. The van der Waals surface area contributed by atoms with Crippen molar-refractivity contribution < 1.29 is 33.7 Å². The van der Waals surface area contributed by atoms with Crippen LogP contribution in [0.25, 0.3) is 0 Å². The van der Waals surface area contributed by atoms with Crippen LogP contribution in [0.5, 0.6) is 0 Å². The third-order valence-corrected chi connectivity index (χ3v) is 8.34. The van der Waals surface area contributed by atoms with E-state index in [0.717, 1.165) is 11.3 Å². The summed E-state index contributed by atoms with van der Waals surface area (Å²) in [7, 11) is 4.53. The van der Waals surface area contributed by atoms with E-state index in [4.69, 9.17) is 4.74 Å². The lowest BCUT2D eigenvalue weighted by atomic mass is 9.75. The molecule has 2 heterocycles. The number of hydrogen-bond donors (Lipinski definition) is 2. The number of aliphatic hydroxyl groups is 2. The van der Waals surface area contributed by atoms with Gasteiger partial charge >= 0.3 is 5.97 Å². The quantitative estimate of drug-likeness (QED) is 0.407. The van der Waals surface area contributed by atoms with E-state index in [2.05, 4.69) is 0 Å². The molecular formula is C31H34FN3O6. The van der Waals surface area contributed by atoms with Crippen LogP contribution in [0.3, 0.4) is 0 Å². The smallest absolute Gasteiger partial charge is 0.332 e. The Morgan fingerprint density at radius 3 is 2.41 bits per heavy atom. The van der Waals surface area contributed by atoms with Crippen molar-refractivity contribution in [1.82, 2.24) is 14.4 Å². The summed E-state index contributed by atoms with van der Waals surface area (Å²) in [6.45, 7) is -0.232. The molecule has 0 radical (unpaired) electrons. The molecule has 0 unspecified atom stereocenters.